The van der Waals surface area contributed by atoms with E-state index in [-0.39, 0.29) is 6.10 Å². The second kappa shape index (κ2) is 7.17. The van der Waals surface area contributed by atoms with Gasteiger partial charge in [-0.3, -0.25) is 5.43 Å². The zero-order chi connectivity index (χ0) is 14.4. The fourth-order valence-corrected chi connectivity index (χ4v) is 2.25. The van der Waals surface area contributed by atoms with Gasteiger partial charge in [-0.2, -0.15) is 5.10 Å². The van der Waals surface area contributed by atoms with Gasteiger partial charge in [-0.05, 0) is 26.3 Å². The summed E-state index contributed by atoms with van der Waals surface area (Å²) in [7, 11) is 0. The molecular formula is C15H19N3OS. The van der Waals surface area contributed by atoms with Crippen LogP contribution < -0.4 is 5.43 Å². The lowest BCUT2D eigenvalue weighted by Gasteiger charge is -2.09. The number of anilines is 1. The fourth-order valence-electron chi connectivity index (χ4n) is 1.61. The molecule has 2 rings (SSSR count). The van der Waals surface area contributed by atoms with Crippen molar-refractivity contribution in [1.29, 1.82) is 0 Å². The van der Waals surface area contributed by atoms with Crippen molar-refractivity contribution in [2.75, 3.05) is 5.43 Å². The van der Waals surface area contributed by atoms with Crippen LogP contribution in [0.5, 0.6) is 0 Å². The van der Waals surface area contributed by atoms with Crippen molar-refractivity contribution in [2.24, 2.45) is 5.10 Å². The second-order valence-corrected chi connectivity index (χ2v) is 5.58. The Morgan fingerprint density at radius 3 is 2.90 bits per heavy atom. The van der Waals surface area contributed by atoms with Gasteiger partial charge in [-0.15, -0.1) is 11.3 Å². The first kappa shape index (κ1) is 14.7. The lowest BCUT2D eigenvalue weighted by Crippen LogP contribution is -2.04. The van der Waals surface area contributed by atoms with Crippen LogP contribution in [-0.2, 0) is 11.3 Å². The van der Waals surface area contributed by atoms with Gasteiger partial charge < -0.3 is 4.74 Å². The minimum atomic E-state index is 0.219. The average molecular weight is 289 g/mol. The van der Waals surface area contributed by atoms with Crippen molar-refractivity contribution in [1.82, 2.24) is 4.98 Å². The van der Waals surface area contributed by atoms with Crippen LogP contribution in [0.15, 0.2) is 34.7 Å². The lowest BCUT2D eigenvalue weighted by molar-refractivity contribution is 0.0656. The van der Waals surface area contributed by atoms with E-state index in [9.17, 15) is 0 Å². The number of nitrogens with zero attached hydrogens (tertiary/aromatic N) is 2. The Balaban J connectivity index is 2.01. The van der Waals surface area contributed by atoms with E-state index in [1.165, 1.54) is 0 Å². The van der Waals surface area contributed by atoms with Crippen LogP contribution >= 0.6 is 11.3 Å². The van der Waals surface area contributed by atoms with Crippen LogP contribution in [-0.4, -0.2) is 17.3 Å². The Bertz CT molecular complexity index is 578. The first-order valence-electron chi connectivity index (χ1n) is 6.56. The molecule has 20 heavy (non-hydrogen) atoms. The number of aryl methyl sites for hydroxylation is 1. The van der Waals surface area contributed by atoms with Crippen LogP contribution in [0.3, 0.4) is 0 Å². The van der Waals surface area contributed by atoms with Gasteiger partial charge in [0.05, 0.1) is 24.6 Å². The molecule has 0 spiro atoms. The van der Waals surface area contributed by atoms with Crippen LogP contribution in [0.25, 0.3) is 0 Å². The van der Waals surface area contributed by atoms with Crippen LogP contribution in [0.4, 0.5) is 5.13 Å². The molecule has 0 saturated heterocycles. The zero-order valence-electron chi connectivity index (χ0n) is 12.0. The van der Waals surface area contributed by atoms with Crippen molar-refractivity contribution in [2.45, 2.75) is 33.5 Å². The monoisotopic (exact) mass is 289 g/mol. The van der Waals surface area contributed by atoms with Crippen molar-refractivity contribution < 1.29 is 4.74 Å². The van der Waals surface area contributed by atoms with Crippen LogP contribution in [0.1, 0.15) is 30.7 Å². The number of ether oxygens (including phenoxy) is 1. The Labute approximate surface area is 123 Å². The lowest BCUT2D eigenvalue weighted by atomic mass is 10.1. The third-order valence-corrected chi connectivity index (χ3v) is 3.47. The molecule has 1 N–H and O–H groups in total. The third-order valence-electron chi connectivity index (χ3n) is 2.61. The highest BCUT2D eigenvalue weighted by Gasteiger charge is 2.01. The molecule has 0 saturated carbocycles. The maximum Gasteiger partial charge on any atom is 0.203 e. The summed E-state index contributed by atoms with van der Waals surface area (Å²) < 4.78 is 5.64. The molecule has 0 bridgehead atoms. The Morgan fingerprint density at radius 2 is 2.20 bits per heavy atom. The van der Waals surface area contributed by atoms with Gasteiger partial charge in [0.15, 0.2) is 0 Å². The van der Waals surface area contributed by atoms with Crippen molar-refractivity contribution >= 4 is 22.7 Å². The molecule has 1 heterocycles. The summed E-state index contributed by atoms with van der Waals surface area (Å²) >= 11 is 1.54. The molecule has 4 nitrogen and oxygen atoms in total. The minimum Gasteiger partial charge on any atom is -0.374 e. The molecule has 0 amide bonds. The number of thiazole rings is 1. The van der Waals surface area contributed by atoms with E-state index in [2.05, 4.69) is 21.6 Å². The minimum absolute atomic E-state index is 0.219. The van der Waals surface area contributed by atoms with Gasteiger partial charge >= 0.3 is 0 Å². The summed E-state index contributed by atoms with van der Waals surface area (Å²) in [5.41, 5.74) is 6.12. The highest BCUT2D eigenvalue weighted by Crippen LogP contribution is 2.14. The van der Waals surface area contributed by atoms with E-state index >= 15 is 0 Å². The van der Waals surface area contributed by atoms with E-state index in [0.29, 0.717) is 6.61 Å². The van der Waals surface area contributed by atoms with Gasteiger partial charge in [0, 0.05) is 10.9 Å². The summed E-state index contributed by atoms with van der Waals surface area (Å²) in [6.45, 7) is 6.62. The van der Waals surface area contributed by atoms with Gasteiger partial charge in [0.25, 0.3) is 0 Å². The number of hydrazone groups is 1. The number of benzene rings is 1. The normalized spacial score (nSPS) is 11.4. The molecule has 0 unspecified atom stereocenters. The van der Waals surface area contributed by atoms with E-state index in [1.807, 2.05) is 44.4 Å². The molecular weight excluding hydrogens is 270 g/mol. The number of hydrogen-bond acceptors (Lipinski definition) is 5. The van der Waals surface area contributed by atoms with E-state index in [1.54, 1.807) is 17.6 Å². The summed E-state index contributed by atoms with van der Waals surface area (Å²) in [4.78, 5) is 4.29. The number of aromatic nitrogens is 1. The Kier molecular flexibility index (Phi) is 5.26. The van der Waals surface area contributed by atoms with E-state index in [0.717, 1.165) is 22.0 Å². The molecule has 0 aliphatic rings. The predicted molar refractivity (Wildman–Crippen MR) is 84.4 cm³/mol. The standard InChI is InChI=1S/C15H19N3OS/c1-11(2)19-9-14-7-5-4-6-13(14)8-16-18-15-17-12(3)10-20-15/h4-8,10-11H,9H2,1-3H3,(H,17,18). The number of nitrogens with one attached hydrogen (secondary N) is 1. The topological polar surface area (TPSA) is 46.5 Å². The summed E-state index contributed by atoms with van der Waals surface area (Å²) in [6, 6.07) is 8.08. The smallest absolute Gasteiger partial charge is 0.203 e. The van der Waals surface area contributed by atoms with E-state index in [4.69, 9.17) is 4.74 Å². The summed E-state index contributed by atoms with van der Waals surface area (Å²) in [6.07, 6.45) is 2.02. The zero-order valence-corrected chi connectivity index (χ0v) is 12.8. The molecule has 1 aromatic carbocycles. The maximum atomic E-state index is 5.64. The molecule has 0 fully saturated rings. The predicted octanol–water partition coefficient (Wildman–Crippen LogP) is 3.82. The van der Waals surface area contributed by atoms with Gasteiger partial charge in [-0.25, -0.2) is 4.98 Å². The van der Waals surface area contributed by atoms with Crippen molar-refractivity contribution in [3.63, 3.8) is 0 Å². The largest absolute Gasteiger partial charge is 0.374 e. The van der Waals surface area contributed by atoms with Crippen LogP contribution in [0.2, 0.25) is 0 Å². The Morgan fingerprint density at radius 1 is 1.40 bits per heavy atom. The summed E-state index contributed by atoms with van der Waals surface area (Å²) in [5.74, 6) is 0. The first-order chi connectivity index (χ1) is 9.65. The summed E-state index contributed by atoms with van der Waals surface area (Å²) in [5, 5.41) is 7.02. The van der Waals surface area contributed by atoms with E-state index < -0.39 is 0 Å². The molecule has 106 valence electrons. The fraction of sp³-hybridized carbons (Fsp3) is 0.333. The van der Waals surface area contributed by atoms with Gasteiger partial charge in [-0.1, -0.05) is 24.3 Å². The SMILES string of the molecule is Cc1csc(NN=Cc2ccccc2COC(C)C)n1. The third kappa shape index (κ3) is 4.43. The molecule has 5 heteroatoms. The highest BCUT2D eigenvalue weighted by atomic mass is 32.1. The quantitative estimate of drug-likeness (QED) is 0.649. The first-order valence-corrected chi connectivity index (χ1v) is 7.44. The highest BCUT2D eigenvalue weighted by molar-refractivity contribution is 7.13. The van der Waals surface area contributed by atoms with Crippen LogP contribution in [0, 0.1) is 6.92 Å². The number of rotatable bonds is 6. The molecule has 2 aromatic rings. The molecule has 0 aliphatic carbocycles. The average Bonchev–Trinajstić information content (AvgIpc) is 2.83. The van der Waals surface area contributed by atoms with Crippen molar-refractivity contribution in [3.8, 4) is 0 Å². The molecule has 0 atom stereocenters. The Hall–Kier alpha value is -1.72. The number of hydrogen-bond donors (Lipinski definition) is 1. The van der Waals surface area contributed by atoms with Gasteiger partial charge in [0.2, 0.25) is 5.13 Å². The molecule has 1 aromatic heterocycles. The van der Waals surface area contributed by atoms with Gasteiger partial charge in [0.1, 0.15) is 0 Å². The maximum absolute atomic E-state index is 5.64. The molecule has 0 aliphatic heterocycles. The second-order valence-electron chi connectivity index (χ2n) is 4.72. The van der Waals surface area contributed by atoms with Crippen molar-refractivity contribution in [3.05, 3.63) is 46.5 Å². The molecule has 0 radical (unpaired) electrons.